The molecule has 1 aromatic heterocycles. The number of unbranched alkanes of at least 4 members (excludes halogenated alkanes) is 1. The van der Waals surface area contributed by atoms with Gasteiger partial charge in [-0.25, -0.2) is 4.98 Å². The molecule has 1 aromatic carbocycles. The van der Waals surface area contributed by atoms with Gasteiger partial charge in [-0.3, -0.25) is 19.3 Å². The minimum atomic E-state index is -1.29. The molecule has 3 aliphatic heterocycles. The Labute approximate surface area is 279 Å². The Morgan fingerprint density at radius 2 is 1.79 bits per heavy atom. The van der Waals surface area contributed by atoms with Gasteiger partial charge < -0.3 is 23.7 Å². The van der Waals surface area contributed by atoms with Crippen LogP contribution in [-0.4, -0.2) is 84.9 Å². The van der Waals surface area contributed by atoms with Gasteiger partial charge in [0.1, 0.15) is 12.8 Å². The van der Waals surface area contributed by atoms with Crippen LogP contribution in [0.5, 0.6) is 5.88 Å². The molecular formula is C35H48BN3O7Si. The number of amides is 3. The summed E-state index contributed by atoms with van der Waals surface area (Å²) in [5.74, 6) is -0.229. The van der Waals surface area contributed by atoms with Gasteiger partial charge in [0.15, 0.2) is 0 Å². The molecule has 0 bridgehead atoms. The first kappa shape index (κ1) is 35.0. The van der Waals surface area contributed by atoms with Crippen LogP contribution in [0.15, 0.2) is 42.6 Å². The van der Waals surface area contributed by atoms with Crippen LogP contribution in [0.1, 0.15) is 74.9 Å². The molecule has 47 heavy (non-hydrogen) atoms. The van der Waals surface area contributed by atoms with E-state index in [-0.39, 0.29) is 30.9 Å². The summed E-state index contributed by atoms with van der Waals surface area (Å²) in [7, 11) is -1.75. The maximum Gasteiger partial charge on any atom is 0.496 e. The van der Waals surface area contributed by atoms with E-state index in [0.717, 1.165) is 35.5 Å². The number of ether oxygens (including phenoxy) is 2. The summed E-state index contributed by atoms with van der Waals surface area (Å²) < 4.78 is 23.8. The van der Waals surface area contributed by atoms with Crippen molar-refractivity contribution >= 4 is 44.5 Å². The summed E-state index contributed by atoms with van der Waals surface area (Å²) in [5, 5.41) is 0. The number of allylic oxidation sites excluding steroid dienone is 1. The van der Waals surface area contributed by atoms with E-state index >= 15 is 0 Å². The first-order valence-corrected chi connectivity index (χ1v) is 20.3. The summed E-state index contributed by atoms with van der Waals surface area (Å²) in [6.07, 6.45) is 7.94. The van der Waals surface area contributed by atoms with Crippen LogP contribution in [0.4, 0.5) is 0 Å². The van der Waals surface area contributed by atoms with E-state index in [0.29, 0.717) is 37.6 Å². The minimum Gasteiger partial charge on any atom is -0.478 e. The number of carbonyl (C=O) groups is 3. The Bertz CT molecular complexity index is 1490. The van der Waals surface area contributed by atoms with Crippen LogP contribution in [0.3, 0.4) is 0 Å². The maximum absolute atomic E-state index is 13.4. The average molecular weight is 662 g/mol. The minimum absolute atomic E-state index is 0.0614. The molecule has 3 amide bonds. The molecule has 0 radical (unpaired) electrons. The predicted octanol–water partition coefficient (Wildman–Crippen LogP) is 5.04. The van der Waals surface area contributed by atoms with Gasteiger partial charge in [0, 0.05) is 44.9 Å². The number of hydrogen-bond donors (Lipinski definition) is 0. The molecule has 5 rings (SSSR count). The first-order valence-electron chi connectivity index (χ1n) is 16.6. The normalized spacial score (nSPS) is 20.9. The molecule has 10 nitrogen and oxygen atoms in total. The Balaban J connectivity index is 1.11. The molecule has 4 heterocycles. The van der Waals surface area contributed by atoms with Gasteiger partial charge in [-0.1, -0.05) is 50.0 Å². The second-order valence-electron chi connectivity index (χ2n) is 14.8. The third kappa shape index (κ3) is 8.05. The van der Waals surface area contributed by atoms with E-state index in [9.17, 15) is 14.4 Å². The maximum atomic E-state index is 13.4. The van der Waals surface area contributed by atoms with E-state index in [1.807, 2.05) is 64.1 Å². The molecule has 252 valence electrons. The molecule has 1 unspecified atom stereocenters. The zero-order valence-corrected chi connectivity index (χ0v) is 29.8. The smallest absolute Gasteiger partial charge is 0.478 e. The molecule has 2 fully saturated rings. The van der Waals surface area contributed by atoms with Crippen molar-refractivity contribution in [3.63, 3.8) is 0 Å². The molecule has 2 saturated heterocycles. The highest BCUT2D eigenvalue weighted by atomic mass is 28.3. The topological polar surface area (TPSA) is 108 Å². The van der Waals surface area contributed by atoms with E-state index in [2.05, 4.69) is 30.7 Å². The van der Waals surface area contributed by atoms with Crippen molar-refractivity contribution < 1.29 is 33.2 Å². The number of imide groups is 1. The third-order valence-corrected chi connectivity index (χ3v) is 11.2. The van der Waals surface area contributed by atoms with Crippen LogP contribution in [-0.2, 0) is 30.2 Å². The Hall–Kier alpha value is -3.32. The number of fused-ring (bicyclic) bond motifs is 1. The summed E-state index contributed by atoms with van der Waals surface area (Å²) in [6.45, 7) is 16.1. The molecule has 0 spiro atoms. The molecule has 0 N–H and O–H groups in total. The Morgan fingerprint density at radius 1 is 1.04 bits per heavy atom. The second-order valence-corrected chi connectivity index (χ2v) is 20.4. The number of benzene rings is 1. The Kier molecular flexibility index (Phi) is 10.5. The zero-order chi connectivity index (χ0) is 34.0. The van der Waals surface area contributed by atoms with Crippen molar-refractivity contribution in [1.29, 1.82) is 0 Å². The molecular weight excluding hydrogens is 613 g/mol. The van der Waals surface area contributed by atoms with Gasteiger partial charge in [-0.2, -0.15) is 0 Å². The Morgan fingerprint density at radius 3 is 2.47 bits per heavy atom. The van der Waals surface area contributed by atoms with Crippen molar-refractivity contribution in [2.24, 2.45) is 0 Å². The fraction of sp³-hybridized carbons (Fsp3) is 0.543. The van der Waals surface area contributed by atoms with Crippen LogP contribution in [0.2, 0.25) is 25.7 Å². The number of rotatable bonds is 13. The van der Waals surface area contributed by atoms with Crippen molar-refractivity contribution in [3.05, 3.63) is 59.3 Å². The van der Waals surface area contributed by atoms with Gasteiger partial charge in [0.05, 0.1) is 17.8 Å². The van der Waals surface area contributed by atoms with Crippen LogP contribution < -0.4 is 10.2 Å². The number of carbonyl (C=O) groups excluding carboxylic acids is 3. The third-order valence-electron chi connectivity index (χ3n) is 9.46. The molecule has 3 aliphatic rings. The molecule has 2 aromatic rings. The lowest BCUT2D eigenvalue weighted by atomic mass is 9.80. The molecule has 12 heteroatoms. The number of aromatic nitrogens is 1. The average Bonchev–Trinajstić information content (AvgIpc) is 3.45. The van der Waals surface area contributed by atoms with Crippen molar-refractivity contribution in [2.45, 2.75) is 103 Å². The lowest BCUT2D eigenvalue weighted by Crippen LogP contribution is -2.55. The first-order chi connectivity index (χ1) is 22.2. The standard InChI is InChI=1S/C35H48BN3O7Si/c1-34(2)35(3,4)46-36(45-34)26-15-17-30(37-22-26)44-19-10-8-9-12-25-13-11-14-27-28(25)23-38(32(27)41)29-16-18-31(40)39(33(29)42)24-43-20-21-47(5,6)7/h9,11-15,17,22,29H,8,10,16,18-21,23-24H2,1-7H3/b12-9+. The van der Waals surface area contributed by atoms with E-state index in [1.54, 1.807) is 11.1 Å². The van der Waals surface area contributed by atoms with E-state index in [4.69, 9.17) is 18.8 Å². The van der Waals surface area contributed by atoms with Crippen LogP contribution in [0, 0.1) is 0 Å². The highest BCUT2D eigenvalue weighted by molar-refractivity contribution is 6.76. The molecule has 0 aliphatic carbocycles. The quantitative estimate of drug-likeness (QED) is 0.167. The summed E-state index contributed by atoms with van der Waals surface area (Å²) in [6, 6.07) is 9.69. The number of nitrogens with zero attached hydrogens (tertiary/aromatic N) is 3. The fourth-order valence-corrected chi connectivity index (χ4v) is 6.51. The summed E-state index contributed by atoms with van der Waals surface area (Å²) in [5.41, 5.74) is 2.49. The highest BCUT2D eigenvalue weighted by Gasteiger charge is 2.52. The lowest BCUT2D eigenvalue weighted by molar-refractivity contribution is -0.158. The number of piperidine rings is 1. The number of likely N-dealkylation sites (tertiary alicyclic amines) is 1. The van der Waals surface area contributed by atoms with Crippen LogP contribution in [0.25, 0.3) is 6.08 Å². The summed E-state index contributed by atoms with van der Waals surface area (Å²) in [4.78, 5) is 46.6. The van der Waals surface area contributed by atoms with Gasteiger partial charge in [0.2, 0.25) is 11.8 Å². The highest BCUT2D eigenvalue weighted by Crippen LogP contribution is 2.36. The number of pyridine rings is 1. The predicted molar refractivity (Wildman–Crippen MR) is 184 cm³/mol. The number of hydrogen-bond acceptors (Lipinski definition) is 8. The lowest BCUT2D eigenvalue weighted by Gasteiger charge is -2.35. The van der Waals surface area contributed by atoms with E-state index in [1.165, 1.54) is 4.90 Å². The second kappa shape index (κ2) is 14.0. The van der Waals surface area contributed by atoms with Gasteiger partial charge >= 0.3 is 7.12 Å². The van der Waals surface area contributed by atoms with Crippen molar-refractivity contribution in [2.75, 3.05) is 19.9 Å². The summed E-state index contributed by atoms with van der Waals surface area (Å²) >= 11 is 0. The fourth-order valence-electron chi connectivity index (χ4n) is 5.75. The SMILES string of the molecule is CC1(C)OB(c2ccc(OCCC/C=C/c3cccc4c3CN(C3CCC(=O)N(COCC[Si](C)(C)C)C3=O)C4=O)nc2)OC1(C)C. The molecule has 1 atom stereocenters. The van der Waals surface area contributed by atoms with Gasteiger partial charge in [-0.05, 0) is 76.3 Å². The molecule has 0 saturated carbocycles. The van der Waals surface area contributed by atoms with Crippen LogP contribution >= 0.6 is 0 Å². The van der Waals surface area contributed by atoms with Gasteiger partial charge in [-0.15, -0.1) is 0 Å². The van der Waals surface area contributed by atoms with Crippen molar-refractivity contribution in [1.82, 2.24) is 14.8 Å². The van der Waals surface area contributed by atoms with Gasteiger partial charge in [0.25, 0.3) is 11.8 Å². The monoisotopic (exact) mass is 661 g/mol. The zero-order valence-electron chi connectivity index (χ0n) is 28.8. The van der Waals surface area contributed by atoms with Crippen molar-refractivity contribution in [3.8, 4) is 5.88 Å². The largest absolute Gasteiger partial charge is 0.496 e. The van der Waals surface area contributed by atoms with E-state index < -0.39 is 32.4 Å².